The summed E-state index contributed by atoms with van der Waals surface area (Å²) in [6.07, 6.45) is 0. The van der Waals surface area contributed by atoms with E-state index in [0.29, 0.717) is 0 Å². The lowest BCUT2D eigenvalue weighted by Gasteiger charge is -2.27. The molecule has 1 heterocycles. The van der Waals surface area contributed by atoms with Gasteiger partial charge >= 0.3 is 0 Å². The second-order valence-corrected chi connectivity index (χ2v) is 19.5. The molecule has 2 aliphatic rings. The molecule has 302 valence electrons. The van der Waals surface area contributed by atoms with Crippen LogP contribution in [0.1, 0.15) is 76.3 Å². The van der Waals surface area contributed by atoms with Gasteiger partial charge in [-0.05, 0) is 127 Å². The summed E-state index contributed by atoms with van der Waals surface area (Å²) in [5, 5.41) is 1.31. The second-order valence-electron chi connectivity index (χ2n) is 19.5. The van der Waals surface area contributed by atoms with Crippen molar-refractivity contribution in [2.24, 2.45) is 0 Å². The Balaban J connectivity index is 1.02. The lowest BCUT2D eigenvalue weighted by atomic mass is 9.81. The first-order chi connectivity index (χ1) is 29.9. The average molecular weight is 801 g/mol. The van der Waals surface area contributed by atoms with Gasteiger partial charge in [0.2, 0.25) is 0 Å². The monoisotopic (exact) mass is 800 g/mol. The lowest BCUT2D eigenvalue weighted by Crippen LogP contribution is -2.15. The Kier molecular flexibility index (Phi) is 8.48. The van der Waals surface area contributed by atoms with Crippen molar-refractivity contribution in [3.05, 3.63) is 216 Å². The third-order valence-corrected chi connectivity index (χ3v) is 14.0. The second kappa shape index (κ2) is 13.8. The zero-order valence-corrected chi connectivity index (χ0v) is 36.8. The number of nitrogens with zero attached hydrogens (tertiary/aromatic N) is 2. The van der Waals surface area contributed by atoms with Crippen molar-refractivity contribution in [1.82, 2.24) is 4.57 Å². The molecule has 2 heteroatoms. The molecule has 8 aromatic carbocycles. The Morgan fingerprint density at radius 2 is 0.919 bits per heavy atom. The van der Waals surface area contributed by atoms with E-state index in [4.69, 9.17) is 0 Å². The number of aromatic nitrogens is 1. The quantitative estimate of drug-likeness (QED) is 0.163. The first-order valence-corrected chi connectivity index (χ1v) is 22.1. The molecule has 0 spiro atoms. The van der Waals surface area contributed by atoms with Gasteiger partial charge in [-0.15, -0.1) is 0 Å². The minimum atomic E-state index is -0.163. The predicted octanol–water partition coefficient (Wildman–Crippen LogP) is 16.3. The number of benzene rings is 8. The Bertz CT molecular complexity index is 3170. The van der Waals surface area contributed by atoms with Crippen molar-refractivity contribution in [3.63, 3.8) is 0 Å². The van der Waals surface area contributed by atoms with E-state index in [9.17, 15) is 0 Å². The van der Waals surface area contributed by atoms with Crippen LogP contribution < -0.4 is 4.90 Å². The Hall–Kier alpha value is -6.90. The van der Waals surface area contributed by atoms with Gasteiger partial charge in [0.1, 0.15) is 0 Å². The molecule has 0 saturated carbocycles. The third-order valence-electron chi connectivity index (χ3n) is 14.0. The van der Waals surface area contributed by atoms with Crippen LogP contribution in [0.3, 0.4) is 0 Å². The molecule has 0 saturated heterocycles. The highest BCUT2D eigenvalue weighted by molar-refractivity contribution is 6.01. The fourth-order valence-corrected chi connectivity index (χ4v) is 10.6. The molecule has 0 unspecified atom stereocenters. The van der Waals surface area contributed by atoms with Crippen LogP contribution in [-0.4, -0.2) is 4.57 Å². The molecule has 62 heavy (non-hydrogen) atoms. The summed E-state index contributed by atoms with van der Waals surface area (Å²) in [5.74, 6) is 0. The van der Waals surface area contributed by atoms with Crippen LogP contribution in [0.2, 0.25) is 0 Å². The van der Waals surface area contributed by atoms with Crippen molar-refractivity contribution in [2.75, 3.05) is 4.90 Å². The number of rotatable bonds is 6. The highest BCUT2D eigenvalue weighted by Gasteiger charge is 2.41. The topological polar surface area (TPSA) is 8.17 Å². The Labute approximate surface area is 366 Å². The van der Waals surface area contributed by atoms with Crippen LogP contribution in [0.25, 0.3) is 61.2 Å². The molecule has 2 nitrogen and oxygen atoms in total. The van der Waals surface area contributed by atoms with E-state index in [2.05, 4.69) is 246 Å². The third kappa shape index (κ3) is 5.84. The van der Waals surface area contributed by atoms with Crippen LogP contribution in [0.4, 0.5) is 17.1 Å². The largest absolute Gasteiger partial charge is 0.311 e. The van der Waals surface area contributed by atoms with Gasteiger partial charge < -0.3 is 9.47 Å². The maximum Gasteiger partial charge on any atom is 0.0585 e. The minimum Gasteiger partial charge on any atom is -0.311 e. The summed E-state index contributed by atoms with van der Waals surface area (Å²) in [4.78, 5) is 2.37. The van der Waals surface area contributed by atoms with Gasteiger partial charge in [-0.25, -0.2) is 0 Å². The predicted molar refractivity (Wildman–Crippen MR) is 263 cm³/mol. The Morgan fingerprint density at radius 1 is 0.419 bits per heavy atom. The smallest absolute Gasteiger partial charge is 0.0585 e. The van der Waals surface area contributed by atoms with E-state index in [0.717, 1.165) is 17.1 Å². The fraction of sp³-hybridized carbons (Fsp3) is 0.167. The van der Waals surface area contributed by atoms with Gasteiger partial charge in [-0.3, -0.25) is 0 Å². The summed E-state index contributed by atoms with van der Waals surface area (Å²) in [6, 6.07) is 70.1. The van der Waals surface area contributed by atoms with E-state index in [-0.39, 0.29) is 16.2 Å². The zero-order valence-electron chi connectivity index (χ0n) is 36.8. The molecular formula is C60H52N2. The molecule has 0 radical (unpaired) electrons. The van der Waals surface area contributed by atoms with Gasteiger partial charge in [0.25, 0.3) is 0 Å². The molecule has 2 aliphatic carbocycles. The Morgan fingerprint density at radius 3 is 1.55 bits per heavy atom. The van der Waals surface area contributed by atoms with Crippen molar-refractivity contribution in [1.29, 1.82) is 0 Å². The molecular weight excluding hydrogens is 749 g/mol. The van der Waals surface area contributed by atoms with Gasteiger partial charge in [-0.2, -0.15) is 0 Å². The van der Waals surface area contributed by atoms with E-state index in [1.165, 1.54) is 89.0 Å². The molecule has 11 rings (SSSR count). The van der Waals surface area contributed by atoms with Crippen LogP contribution in [0.5, 0.6) is 0 Å². The number of fused-ring (bicyclic) bond motifs is 8. The molecule has 1 aromatic heterocycles. The zero-order chi connectivity index (χ0) is 42.5. The van der Waals surface area contributed by atoms with Crippen molar-refractivity contribution in [2.45, 2.75) is 64.7 Å². The summed E-state index contributed by atoms with van der Waals surface area (Å²) in [5.41, 5.74) is 22.8. The molecule has 0 atom stereocenters. The minimum absolute atomic E-state index is 0.0766. The van der Waals surface area contributed by atoms with Gasteiger partial charge in [0, 0.05) is 44.5 Å². The van der Waals surface area contributed by atoms with Crippen molar-refractivity contribution >= 4 is 28.0 Å². The number of hydrogen-bond donors (Lipinski definition) is 0. The molecule has 0 bridgehead atoms. The maximum atomic E-state index is 2.55. The fourth-order valence-electron chi connectivity index (χ4n) is 10.6. The highest BCUT2D eigenvalue weighted by Crippen LogP contribution is 2.55. The first-order valence-electron chi connectivity index (χ1n) is 22.1. The lowest BCUT2D eigenvalue weighted by molar-refractivity contribution is 0.590. The van der Waals surface area contributed by atoms with E-state index in [1.807, 2.05) is 0 Å². The SMILES string of the molecule is CC(C)(C)c1ccc(N(c2ccc(-c3ccccc3)cc2)c2ccc(-c3ccc4c(c3)c3c(n4-c4ccc5c(c4)C(C)(C)c4ccccc4-5)-c4ccccc4C3(C)C)cc2)cc1. The molecule has 9 aromatic rings. The average Bonchev–Trinajstić information content (AvgIpc) is 3.85. The summed E-state index contributed by atoms with van der Waals surface area (Å²) >= 11 is 0. The number of anilines is 3. The van der Waals surface area contributed by atoms with Gasteiger partial charge in [-0.1, -0.05) is 176 Å². The van der Waals surface area contributed by atoms with Gasteiger partial charge in [0.15, 0.2) is 0 Å². The maximum absolute atomic E-state index is 2.55. The van der Waals surface area contributed by atoms with E-state index < -0.39 is 0 Å². The van der Waals surface area contributed by atoms with E-state index >= 15 is 0 Å². The van der Waals surface area contributed by atoms with E-state index in [1.54, 1.807) is 0 Å². The summed E-state index contributed by atoms with van der Waals surface area (Å²) in [6.45, 7) is 16.4. The summed E-state index contributed by atoms with van der Waals surface area (Å²) in [7, 11) is 0. The normalized spacial score (nSPS) is 14.3. The van der Waals surface area contributed by atoms with Crippen molar-refractivity contribution in [3.8, 4) is 50.3 Å². The summed E-state index contributed by atoms with van der Waals surface area (Å²) < 4.78 is 2.55. The van der Waals surface area contributed by atoms with Crippen molar-refractivity contribution < 1.29 is 0 Å². The van der Waals surface area contributed by atoms with Crippen LogP contribution >= 0.6 is 0 Å². The highest BCUT2D eigenvalue weighted by atomic mass is 15.1. The molecule has 0 aliphatic heterocycles. The standard InChI is InChI=1S/C60H52N2/c1-58(2,3)43-26-32-46(33-27-43)61(44-28-21-40(22-29-44)39-15-9-8-10-16-39)45-30-23-41(24-31-45)42-25-36-55-51(37-42)56-57(50-18-12-14-20-53(50)60(56,6)7)62(55)47-34-35-49-48-17-11-13-19-52(48)59(4,5)54(49)38-47/h8-38H,1-7H3. The van der Waals surface area contributed by atoms with Crippen LogP contribution in [-0.2, 0) is 16.2 Å². The molecule has 0 N–H and O–H groups in total. The number of hydrogen-bond acceptors (Lipinski definition) is 1. The van der Waals surface area contributed by atoms with Gasteiger partial charge in [0.05, 0.1) is 11.2 Å². The molecule has 0 amide bonds. The van der Waals surface area contributed by atoms with Crippen LogP contribution in [0, 0.1) is 0 Å². The molecule has 0 fully saturated rings. The van der Waals surface area contributed by atoms with Crippen LogP contribution in [0.15, 0.2) is 188 Å². The first kappa shape index (κ1) is 38.1.